The molecule has 0 aliphatic carbocycles. The molecule has 0 aromatic rings. The van der Waals surface area contributed by atoms with Crippen molar-refractivity contribution in [2.24, 2.45) is 16.7 Å². The van der Waals surface area contributed by atoms with Gasteiger partial charge in [0.2, 0.25) is 5.91 Å². The summed E-state index contributed by atoms with van der Waals surface area (Å²) in [4.78, 5) is 20.8. The van der Waals surface area contributed by atoms with E-state index in [4.69, 9.17) is 9.47 Å². The Bertz CT molecular complexity index is 543. The highest BCUT2D eigenvalue weighted by molar-refractivity contribution is 5.86. The molecule has 28 heavy (non-hydrogen) atoms. The van der Waals surface area contributed by atoms with Crippen LogP contribution in [0.2, 0.25) is 0 Å². The van der Waals surface area contributed by atoms with Crippen molar-refractivity contribution in [3.63, 3.8) is 0 Å². The number of fused-ring (bicyclic) bond motifs is 1. The number of hydrogen-bond donors (Lipinski definition) is 0. The highest BCUT2D eigenvalue weighted by atomic mass is 16.5. The van der Waals surface area contributed by atoms with Gasteiger partial charge in [-0.05, 0) is 58.0 Å². The molecule has 0 radical (unpaired) electrons. The zero-order valence-electron chi connectivity index (χ0n) is 18.0. The topological polar surface area (TPSA) is 45.2 Å². The highest BCUT2D eigenvalue weighted by Crippen LogP contribution is 2.57. The van der Waals surface area contributed by atoms with E-state index in [1.54, 1.807) is 7.11 Å². The molecule has 160 valence electrons. The second kappa shape index (κ2) is 8.58. The van der Waals surface area contributed by atoms with Gasteiger partial charge in [0.1, 0.15) is 0 Å². The van der Waals surface area contributed by atoms with Gasteiger partial charge in [0.15, 0.2) is 0 Å². The van der Waals surface area contributed by atoms with Gasteiger partial charge in [0.05, 0.1) is 12.0 Å². The van der Waals surface area contributed by atoms with Crippen molar-refractivity contribution in [3.05, 3.63) is 0 Å². The number of nitrogens with zero attached hydrogens (tertiary/aromatic N) is 3. The lowest BCUT2D eigenvalue weighted by Crippen LogP contribution is -2.53. The van der Waals surface area contributed by atoms with E-state index in [2.05, 4.69) is 21.6 Å². The first-order chi connectivity index (χ1) is 13.6. The van der Waals surface area contributed by atoms with Crippen LogP contribution in [0.25, 0.3) is 0 Å². The Labute approximate surface area is 170 Å². The lowest BCUT2D eigenvalue weighted by molar-refractivity contribution is -0.142. The summed E-state index contributed by atoms with van der Waals surface area (Å²) in [6.45, 7) is 13.0. The van der Waals surface area contributed by atoms with E-state index in [1.165, 1.54) is 32.2 Å². The van der Waals surface area contributed by atoms with Crippen LogP contribution < -0.4 is 0 Å². The van der Waals surface area contributed by atoms with Crippen molar-refractivity contribution >= 4 is 5.91 Å². The van der Waals surface area contributed by atoms with Gasteiger partial charge in [-0.3, -0.25) is 9.69 Å². The monoisotopic (exact) mass is 393 g/mol. The van der Waals surface area contributed by atoms with Crippen LogP contribution in [0, 0.1) is 16.7 Å². The predicted molar refractivity (Wildman–Crippen MR) is 109 cm³/mol. The second-order valence-electron chi connectivity index (χ2n) is 9.56. The molecule has 1 amide bonds. The Morgan fingerprint density at radius 3 is 2.46 bits per heavy atom. The molecule has 4 saturated heterocycles. The number of methoxy groups -OCH3 is 1. The molecule has 0 saturated carbocycles. The zero-order valence-corrected chi connectivity index (χ0v) is 18.0. The van der Waals surface area contributed by atoms with E-state index < -0.39 is 0 Å². The molecule has 6 heteroatoms. The third kappa shape index (κ3) is 3.62. The third-order valence-electron chi connectivity index (χ3n) is 8.20. The summed E-state index contributed by atoms with van der Waals surface area (Å²) in [5.74, 6) is 1.23. The molecule has 4 fully saturated rings. The van der Waals surface area contributed by atoms with Crippen molar-refractivity contribution in [2.75, 3.05) is 79.3 Å². The number of carbonyl (C=O) groups is 1. The SMILES string of the molecule is CCN1CC[C@@]2(CN(CCOC)CC23CCN(CC2CCOCC2)CC3)C1=O. The summed E-state index contributed by atoms with van der Waals surface area (Å²) in [5, 5.41) is 0. The normalized spacial score (nSPS) is 32.2. The van der Waals surface area contributed by atoms with Crippen molar-refractivity contribution in [3.8, 4) is 0 Å². The maximum atomic E-state index is 13.5. The summed E-state index contributed by atoms with van der Waals surface area (Å²) in [6.07, 6.45) is 5.80. The number of piperidine rings is 1. The molecule has 1 atom stereocenters. The van der Waals surface area contributed by atoms with E-state index in [0.29, 0.717) is 5.91 Å². The third-order valence-corrected chi connectivity index (χ3v) is 8.20. The van der Waals surface area contributed by atoms with Crippen LogP contribution in [0.4, 0.5) is 0 Å². The molecule has 0 aromatic carbocycles. The van der Waals surface area contributed by atoms with Gasteiger partial charge in [0.25, 0.3) is 0 Å². The summed E-state index contributed by atoms with van der Waals surface area (Å²) < 4.78 is 10.9. The van der Waals surface area contributed by atoms with Crippen LogP contribution in [0.15, 0.2) is 0 Å². The maximum Gasteiger partial charge on any atom is 0.230 e. The fraction of sp³-hybridized carbons (Fsp3) is 0.955. The van der Waals surface area contributed by atoms with Crippen LogP contribution in [0.3, 0.4) is 0 Å². The molecule has 0 N–H and O–H groups in total. The van der Waals surface area contributed by atoms with Gasteiger partial charge in [-0.1, -0.05) is 0 Å². The van der Waals surface area contributed by atoms with E-state index in [0.717, 1.165) is 78.0 Å². The molecule has 0 aromatic heterocycles. The van der Waals surface area contributed by atoms with Gasteiger partial charge in [0, 0.05) is 65.0 Å². The first kappa shape index (κ1) is 20.6. The van der Waals surface area contributed by atoms with Crippen molar-refractivity contribution in [2.45, 2.75) is 39.0 Å². The van der Waals surface area contributed by atoms with E-state index in [1.807, 2.05) is 0 Å². The Morgan fingerprint density at radius 2 is 1.82 bits per heavy atom. The van der Waals surface area contributed by atoms with Crippen LogP contribution in [-0.4, -0.2) is 99.9 Å². The zero-order chi connectivity index (χ0) is 19.6. The fourth-order valence-electron chi connectivity index (χ4n) is 6.43. The minimum absolute atomic E-state index is 0.151. The second-order valence-corrected chi connectivity index (χ2v) is 9.56. The molecule has 4 heterocycles. The summed E-state index contributed by atoms with van der Waals surface area (Å²) >= 11 is 0. The Hall–Kier alpha value is -0.690. The summed E-state index contributed by atoms with van der Waals surface area (Å²) in [5.41, 5.74) is 0.00937. The quantitative estimate of drug-likeness (QED) is 0.687. The van der Waals surface area contributed by atoms with Crippen LogP contribution in [0.1, 0.15) is 39.0 Å². The number of likely N-dealkylation sites (tertiary alicyclic amines) is 3. The predicted octanol–water partition coefficient (Wildman–Crippen LogP) is 1.70. The van der Waals surface area contributed by atoms with Crippen LogP contribution in [-0.2, 0) is 14.3 Å². The minimum atomic E-state index is -0.151. The standard InChI is InChI=1S/C22H39N3O3/c1-3-25-11-8-22(20(25)26)18-24(12-15-27-2)17-21(22)6-9-23(10-7-21)16-19-4-13-28-14-5-19/h19H,3-18H2,1-2H3/t22-/m1/s1. The molecule has 0 unspecified atom stereocenters. The van der Waals surface area contributed by atoms with E-state index in [-0.39, 0.29) is 10.8 Å². The lowest BCUT2D eigenvalue weighted by atomic mass is 9.60. The number of carbonyl (C=O) groups excluding carboxylic acids is 1. The smallest absolute Gasteiger partial charge is 0.230 e. The van der Waals surface area contributed by atoms with Crippen molar-refractivity contribution in [1.82, 2.24) is 14.7 Å². The fourth-order valence-corrected chi connectivity index (χ4v) is 6.43. The molecule has 0 bridgehead atoms. The Kier molecular flexibility index (Phi) is 6.31. The van der Waals surface area contributed by atoms with Crippen LogP contribution >= 0.6 is 0 Å². The van der Waals surface area contributed by atoms with Crippen molar-refractivity contribution in [1.29, 1.82) is 0 Å². The number of ether oxygens (including phenoxy) is 2. The minimum Gasteiger partial charge on any atom is -0.383 e. The van der Waals surface area contributed by atoms with E-state index >= 15 is 0 Å². The molecular formula is C22H39N3O3. The molecule has 4 rings (SSSR count). The molecule has 4 aliphatic rings. The number of rotatable bonds is 6. The van der Waals surface area contributed by atoms with Gasteiger partial charge < -0.3 is 19.3 Å². The largest absolute Gasteiger partial charge is 0.383 e. The molecule has 2 spiro atoms. The van der Waals surface area contributed by atoms with E-state index in [9.17, 15) is 4.79 Å². The summed E-state index contributed by atoms with van der Waals surface area (Å²) in [6, 6.07) is 0. The Balaban J connectivity index is 1.45. The number of hydrogen-bond acceptors (Lipinski definition) is 5. The van der Waals surface area contributed by atoms with Crippen molar-refractivity contribution < 1.29 is 14.3 Å². The summed E-state index contributed by atoms with van der Waals surface area (Å²) in [7, 11) is 1.77. The lowest BCUT2D eigenvalue weighted by Gasteiger charge is -2.47. The maximum absolute atomic E-state index is 13.5. The highest BCUT2D eigenvalue weighted by Gasteiger charge is 2.64. The van der Waals surface area contributed by atoms with Gasteiger partial charge in [-0.15, -0.1) is 0 Å². The number of amides is 1. The molecule has 6 nitrogen and oxygen atoms in total. The van der Waals surface area contributed by atoms with Gasteiger partial charge in [-0.2, -0.15) is 0 Å². The first-order valence-electron chi connectivity index (χ1n) is 11.4. The van der Waals surface area contributed by atoms with Crippen LogP contribution in [0.5, 0.6) is 0 Å². The van der Waals surface area contributed by atoms with Gasteiger partial charge in [-0.25, -0.2) is 0 Å². The average molecular weight is 394 g/mol. The van der Waals surface area contributed by atoms with Gasteiger partial charge >= 0.3 is 0 Å². The average Bonchev–Trinajstić information content (AvgIpc) is 3.21. The molecular weight excluding hydrogens is 354 g/mol. The first-order valence-corrected chi connectivity index (χ1v) is 11.4. The molecule has 4 aliphatic heterocycles. The Morgan fingerprint density at radius 1 is 1.07 bits per heavy atom.